The van der Waals surface area contributed by atoms with Crippen molar-refractivity contribution in [3.63, 3.8) is 0 Å². The highest BCUT2D eigenvalue weighted by Crippen LogP contribution is 2.43. The van der Waals surface area contributed by atoms with Gasteiger partial charge in [0, 0.05) is 32.1 Å². The van der Waals surface area contributed by atoms with Gasteiger partial charge in [-0.15, -0.1) is 0 Å². The summed E-state index contributed by atoms with van der Waals surface area (Å²) in [5, 5.41) is 9.65. The third-order valence-corrected chi connectivity index (χ3v) is 6.80. The lowest BCUT2D eigenvalue weighted by molar-refractivity contribution is -0.148. The van der Waals surface area contributed by atoms with E-state index < -0.39 is 21.4 Å². The molecule has 0 unspecified atom stereocenters. The SMILES string of the molecule is Cc1ccc(CS(=O)(=O)N2C[C@@H]3CN(C)C[C@]3(C(=O)O)C2)cc1. The molecule has 0 amide bonds. The number of carboxylic acids is 1. The molecular formula is C16H22N2O4S. The van der Waals surface area contributed by atoms with Gasteiger partial charge in [-0.3, -0.25) is 4.79 Å². The van der Waals surface area contributed by atoms with Crippen molar-refractivity contribution in [3.8, 4) is 0 Å². The van der Waals surface area contributed by atoms with Gasteiger partial charge in [-0.25, -0.2) is 12.7 Å². The summed E-state index contributed by atoms with van der Waals surface area (Å²) in [4.78, 5) is 13.7. The molecule has 0 aliphatic carbocycles. The number of fused-ring (bicyclic) bond motifs is 1. The van der Waals surface area contributed by atoms with E-state index in [4.69, 9.17) is 0 Å². The molecule has 0 radical (unpaired) electrons. The fraction of sp³-hybridized carbons (Fsp3) is 0.562. The second-order valence-corrected chi connectivity index (χ2v) is 8.86. The number of aryl methyl sites for hydroxylation is 1. The molecule has 1 aromatic carbocycles. The quantitative estimate of drug-likeness (QED) is 0.877. The molecule has 0 spiro atoms. The third-order valence-electron chi connectivity index (χ3n) is 5.04. The van der Waals surface area contributed by atoms with Gasteiger partial charge in [0.15, 0.2) is 0 Å². The second-order valence-electron chi connectivity index (χ2n) is 6.89. The summed E-state index contributed by atoms with van der Waals surface area (Å²) in [6.45, 7) is 3.36. The second kappa shape index (κ2) is 5.58. The number of hydrogen-bond acceptors (Lipinski definition) is 4. The predicted octanol–water partition coefficient (Wildman–Crippen LogP) is 0.773. The molecular weight excluding hydrogens is 316 g/mol. The Kier molecular flexibility index (Phi) is 3.98. The number of nitrogens with zero attached hydrogens (tertiary/aromatic N) is 2. The Morgan fingerprint density at radius 2 is 1.91 bits per heavy atom. The zero-order valence-corrected chi connectivity index (χ0v) is 14.2. The number of sulfonamides is 1. The number of carboxylic acid groups (broad SMARTS) is 1. The van der Waals surface area contributed by atoms with Gasteiger partial charge < -0.3 is 10.0 Å². The van der Waals surface area contributed by atoms with E-state index in [-0.39, 0.29) is 18.2 Å². The standard InChI is InChI=1S/C16H22N2O4S/c1-12-3-5-13(6-4-12)9-23(21,22)18-8-14-7-17(2)10-16(14,11-18)15(19)20/h3-6,14H,7-11H2,1-2H3,(H,19,20)/t14-,16-/m0/s1. The van der Waals surface area contributed by atoms with Crippen LogP contribution in [0.25, 0.3) is 0 Å². The summed E-state index contributed by atoms with van der Waals surface area (Å²) in [6.07, 6.45) is 0. The molecule has 7 heteroatoms. The Labute approximate surface area is 136 Å². The summed E-state index contributed by atoms with van der Waals surface area (Å²) in [5.41, 5.74) is 0.846. The van der Waals surface area contributed by atoms with Crippen LogP contribution in [0.15, 0.2) is 24.3 Å². The van der Waals surface area contributed by atoms with Gasteiger partial charge in [0.1, 0.15) is 0 Å². The highest BCUT2D eigenvalue weighted by molar-refractivity contribution is 7.88. The van der Waals surface area contributed by atoms with Crippen LogP contribution in [-0.2, 0) is 20.6 Å². The summed E-state index contributed by atoms with van der Waals surface area (Å²) < 4.78 is 26.7. The zero-order valence-electron chi connectivity index (χ0n) is 13.4. The van der Waals surface area contributed by atoms with E-state index in [9.17, 15) is 18.3 Å². The first-order chi connectivity index (χ1) is 10.7. The maximum atomic E-state index is 12.7. The van der Waals surface area contributed by atoms with E-state index >= 15 is 0 Å². The topological polar surface area (TPSA) is 77.9 Å². The van der Waals surface area contributed by atoms with E-state index in [1.807, 2.05) is 43.1 Å². The largest absolute Gasteiger partial charge is 0.481 e. The maximum Gasteiger partial charge on any atom is 0.312 e. The number of benzene rings is 1. The van der Waals surface area contributed by atoms with Crippen molar-refractivity contribution in [3.05, 3.63) is 35.4 Å². The average molecular weight is 338 g/mol. The lowest BCUT2D eigenvalue weighted by atomic mass is 9.81. The predicted molar refractivity (Wildman–Crippen MR) is 86.4 cm³/mol. The van der Waals surface area contributed by atoms with Gasteiger partial charge in [-0.2, -0.15) is 0 Å². The minimum atomic E-state index is -3.51. The highest BCUT2D eigenvalue weighted by atomic mass is 32.2. The fourth-order valence-corrected chi connectivity index (χ4v) is 5.40. The molecule has 126 valence electrons. The molecule has 2 heterocycles. The Bertz CT molecular complexity index is 716. The Balaban J connectivity index is 1.80. The minimum Gasteiger partial charge on any atom is -0.481 e. The number of likely N-dealkylation sites (tertiary alicyclic amines) is 1. The van der Waals surface area contributed by atoms with Crippen molar-refractivity contribution in [2.24, 2.45) is 11.3 Å². The Hall–Kier alpha value is -1.44. The summed E-state index contributed by atoms with van der Waals surface area (Å²) in [6, 6.07) is 7.39. The van der Waals surface area contributed by atoms with Gasteiger partial charge in [0.05, 0.1) is 11.2 Å². The van der Waals surface area contributed by atoms with Crippen LogP contribution in [0, 0.1) is 18.3 Å². The maximum absolute atomic E-state index is 12.7. The molecule has 1 N–H and O–H groups in total. The average Bonchev–Trinajstić information content (AvgIpc) is 2.95. The van der Waals surface area contributed by atoms with E-state index in [2.05, 4.69) is 0 Å². The molecule has 2 saturated heterocycles. The molecule has 3 rings (SSSR count). The van der Waals surface area contributed by atoms with Crippen LogP contribution in [0.4, 0.5) is 0 Å². The first-order valence-corrected chi connectivity index (χ1v) is 9.29. The van der Waals surface area contributed by atoms with E-state index in [1.54, 1.807) is 0 Å². The van der Waals surface area contributed by atoms with E-state index in [0.29, 0.717) is 19.6 Å². The molecule has 0 aromatic heterocycles. The van der Waals surface area contributed by atoms with Crippen LogP contribution in [0.5, 0.6) is 0 Å². The number of rotatable bonds is 4. The van der Waals surface area contributed by atoms with Gasteiger partial charge in [-0.1, -0.05) is 29.8 Å². The number of carbonyl (C=O) groups is 1. The molecule has 2 atom stereocenters. The Morgan fingerprint density at radius 1 is 1.26 bits per heavy atom. The number of aliphatic carboxylic acids is 1. The third kappa shape index (κ3) is 2.88. The first-order valence-electron chi connectivity index (χ1n) is 7.68. The molecule has 23 heavy (non-hydrogen) atoms. The van der Waals surface area contributed by atoms with Crippen LogP contribution in [0.1, 0.15) is 11.1 Å². The summed E-state index contributed by atoms with van der Waals surface area (Å²) in [7, 11) is -1.62. The van der Waals surface area contributed by atoms with Crippen molar-refractivity contribution in [2.45, 2.75) is 12.7 Å². The smallest absolute Gasteiger partial charge is 0.312 e. The van der Waals surface area contributed by atoms with Crippen molar-refractivity contribution in [2.75, 3.05) is 33.2 Å². The van der Waals surface area contributed by atoms with Gasteiger partial charge in [0.25, 0.3) is 0 Å². The fourth-order valence-electron chi connectivity index (χ4n) is 3.77. The summed E-state index contributed by atoms with van der Waals surface area (Å²) in [5.74, 6) is -1.11. The van der Waals surface area contributed by atoms with Crippen molar-refractivity contribution < 1.29 is 18.3 Å². The van der Waals surface area contributed by atoms with E-state index in [1.165, 1.54) is 4.31 Å². The lowest BCUT2D eigenvalue weighted by Crippen LogP contribution is -2.41. The first kappa shape index (κ1) is 16.4. The van der Waals surface area contributed by atoms with Crippen molar-refractivity contribution in [1.29, 1.82) is 0 Å². The Morgan fingerprint density at radius 3 is 2.48 bits per heavy atom. The molecule has 6 nitrogen and oxygen atoms in total. The molecule has 2 aliphatic heterocycles. The van der Waals surface area contributed by atoms with Crippen molar-refractivity contribution in [1.82, 2.24) is 9.21 Å². The monoisotopic (exact) mass is 338 g/mol. The summed E-state index contributed by atoms with van der Waals surface area (Å²) >= 11 is 0. The van der Waals surface area contributed by atoms with Gasteiger partial charge in [0.2, 0.25) is 10.0 Å². The van der Waals surface area contributed by atoms with Crippen LogP contribution in [-0.4, -0.2) is 61.9 Å². The minimum absolute atomic E-state index is 0.0749. The molecule has 0 bridgehead atoms. The normalized spacial score (nSPS) is 28.9. The van der Waals surface area contributed by atoms with Crippen LogP contribution in [0.2, 0.25) is 0 Å². The van der Waals surface area contributed by atoms with Gasteiger partial charge >= 0.3 is 5.97 Å². The van der Waals surface area contributed by atoms with E-state index in [0.717, 1.165) is 11.1 Å². The number of hydrogen-bond donors (Lipinski definition) is 1. The van der Waals surface area contributed by atoms with Crippen LogP contribution in [0.3, 0.4) is 0 Å². The van der Waals surface area contributed by atoms with Gasteiger partial charge in [-0.05, 0) is 19.5 Å². The van der Waals surface area contributed by atoms with Crippen LogP contribution >= 0.6 is 0 Å². The molecule has 2 fully saturated rings. The molecule has 2 aliphatic rings. The molecule has 1 aromatic rings. The van der Waals surface area contributed by atoms with Crippen LogP contribution < -0.4 is 0 Å². The highest BCUT2D eigenvalue weighted by Gasteiger charge is 2.58. The zero-order chi connectivity index (χ0) is 16.8. The van der Waals surface area contributed by atoms with Crippen molar-refractivity contribution >= 4 is 16.0 Å². The lowest BCUT2D eigenvalue weighted by Gasteiger charge is -2.24. The molecule has 0 saturated carbocycles.